The van der Waals surface area contributed by atoms with Gasteiger partial charge in [-0.25, -0.2) is 0 Å². The Bertz CT molecular complexity index is 397. The third-order valence-electron chi connectivity index (χ3n) is 3.03. The predicted molar refractivity (Wildman–Crippen MR) is 68.3 cm³/mol. The van der Waals surface area contributed by atoms with Gasteiger partial charge in [0.2, 0.25) is 5.91 Å². The molecule has 1 amide bonds. The van der Waals surface area contributed by atoms with E-state index in [2.05, 4.69) is 15.5 Å². The number of H-pyrrole nitrogens is 1. The summed E-state index contributed by atoms with van der Waals surface area (Å²) in [4.78, 5) is 11.5. The Labute approximate surface area is 106 Å². The van der Waals surface area contributed by atoms with Crippen molar-refractivity contribution in [1.29, 1.82) is 0 Å². The number of amides is 1. The lowest BCUT2D eigenvalue weighted by Crippen LogP contribution is -2.24. The molecule has 0 bridgehead atoms. The van der Waals surface area contributed by atoms with Crippen LogP contribution in [0.2, 0.25) is 0 Å². The average molecular weight is 252 g/mol. The van der Waals surface area contributed by atoms with Crippen LogP contribution in [-0.2, 0) is 9.53 Å². The first kappa shape index (κ1) is 13.0. The highest BCUT2D eigenvalue weighted by Crippen LogP contribution is 2.26. The van der Waals surface area contributed by atoms with E-state index in [1.807, 2.05) is 6.07 Å². The minimum atomic E-state index is -0.140. The fraction of sp³-hybridized carbons (Fsp3) is 0.667. The van der Waals surface area contributed by atoms with Crippen LogP contribution in [0.1, 0.15) is 37.8 Å². The summed E-state index contributed by atoms with van der Waals surface area (Å²) >= 11 is 0. The summed E-state index contributed by atoms with van der Waals surface area (Å²) in [7, 11) is 0. The van der Waals surface area contributed by atoms with Gasteiger partial charge in [0.15, 0.2) is 5.82 Å². The predicted octanol–water partition coefficient (Wildman–Crippen LogP) is 0.979. The molecule has 0 saturated carbocycles. The first-order valence-corrected chi connectivity index (χ1v) is 6.33. The molecule has 1 unspecified atom stereocenters. The molecule has 1 aliphatic rings. The number of hydrogen-bond donors (Lipinski definition) is 3. The molecule has 6 nitrogen and oxygen atoms in total. The van der Waals surface area contributed by atoms with E-state index in [1.165, 1.54) is 0 Å². The molecule has 1 aromatic heterocycles. The number of anilines is 1. The Hall–Kier alpha value is -1.40. The molecule has 2 heterocycles. The number of aromatic amines is 1. The molecule has 100 valence electrons. The molecule has 1 aliphatic heterocycles. The fourth-order valence-corrected chi connectivity index (χ4v) is 2.10. The van der Waals surface area contributed by atoms with Gasteiger partial charge >= 0.3 is 0 Å². The highest BCUT2D eigenvalue weighted by atomic mass is 16.5. The van der Waals surface area contributed by atoms with E-state index in [1.54, 1.807) is 6.92 Å². The van der Waals surface area contributed by atoms with Crippen LogP contribution in [0.5, 0.6) is 0 Å². The molecule has 1 atom stereocenters. The maximum Gasteiger partial charge on any atom is 0.227 e. The van der Waals surface area contributed by atoms with E-state index in [0.717, 1.165) is 31.7 Å². The lowest BCUT2D eigenvalue weighted by molar-refractivity contribution is -0.116. The van der Waals surface area contributed by atoms with E-state index < -0.39 is 0 Å². The summed E-state index contributed by atoms with van der Waals surface area (Å²) in [5, 5.41) is 9.82. The highest BCUT2D eigenvalue weighted by Gasteiger charge is 2.18. The van der Waals surface area contributed by atoms with E-state index in [4.69, 9.17) is 10.5 Å². The Morgan fingerprint density at radius 3 is 3.06 bits per heavy atom. The third kappa shape index (κ3) is 3.54. The molecule has 0 aromatic carbocycles. The van der Waals surface area contributed by atoms with Crippen molar-refractivity contribution in [2.24, 2.45) is 5.73 Å². The lowest BCUT2D eigenvalue weighted by atomic mass is 9.97. The lowest BCUT2D eigenvalue weighted by Gasteiger charge is -2.20. The molecule has 0 radical (unpaired) electrons. The van der Waals surface area contributed by atoms with Crippen molar-refractivity contribution in [3.63, 3.8) is 0 Å². The van der Waals surface area contributed by atoms with E-state index >= 15 is 0 Å². The van der Waals surface area contributed by atoms with Crippen LogP contribution in [0, 0.1) is 0 Å². The molecule has 4 N–H and O–H groups in total. The molecule has 0 aliphatic carbocycles. The number of rotatable bonds is 4. The number of nitrogens with one attached hydrogen (secondary N) is 2. The zero-order valence-electron chi connectivity index (χ0n) is 10.6. The summed E-state index contributed by atoms with van der Waals surface area (Å²) in [6, 6.07) is 1.76. The van der Waals surface area contributed by atoms with Gasteiger partial charge in [-0.05, 0) is 19.8 Å². The van der Waals surface area contributed by atoms with Gasteiger partial charge in [0.05, 0.1) is 0 Å². The minimum Gasteiger partial charge on any atom is -0.381 e. The molecule has 1 fully saturated rings. The molecule has 0 spiro atoms. The number of aromatic nitrogens is 2. The second-order valence-corrected chi connectivity index (χ2v) is 4.82. The van der Waals surface area contributed by atoms with Crippen molar-refractivity contribution in [2.45, 2.75) is 38.1 Å². The summed E-state index contributed by atoms with van der Waals surface area (Å²) in [6.07, 6.45) is 2.30. The van der Waals surface area contributed by atoms with Crippen LogP contribution in [0.15, 0.2) is 6.07 Å². The van der Waals surface area contributed by atoms with Gasteiger partial charge in [0.1, 0.15) is 0 Å². The first-order valence-electron chi connectivity index (χ1n) is 6.33. The molecule has 1 aromatic rings. The number of nitrogens with zero attached hydrogens (tertiary/aromatic N) is 1. The maximum atomic E-state index is 11.5. The van der Waals surface area contributed by atoms with Crippen molar-refractivity contribution in [3.8, 4) is 0 Å². The van der Waals surface area contributed by atoms with E-state index in [0.29, 0.717) is 18.2 Å². The number of carbonyl (C=O) groups is 1. The second-order valence-electron chi connectivity index (χ2n) is 4.82. The zero-order valence-corrected chi connectivity index (χ0v) is 10.6. The van der Waals surface area contributed by atoms with Gasteiger partial charge in [-0.15, -0.1) is 0 Å². The van der Waals surface area contributed by atoms with Crippen LogP contribution < -0.4 is 11.1 Å². The smallest absolute Gasteiger partial charge is 0.227 e. The normalized spacial score (nSPS) is 18.6. The molecule has 18 heavy (non-hydrogen) atoms. The van der Waals surface area contributed by atoms with Crippen LogP contribution in [-0.4, -0.2) is 35.4 Å². The van der Waals surface area contributed by atoms with Gasteiger partial charge < -0.3 is 15.8 Å². The van der Waals surface area contributed by atoms with Crippen molar-refractivity contribution < 1.29 is 9.53 Å². The standard InChI is InChI=1S/C12H20N4O2/c1-8(13)6-12(17)14-11-7-10(15-16-11)9-2-4-18-5-3-9/h7-9H,2-6,13H2,1H3,(H2,14,15,16,17). The van der Waals surface area contributed by atoms with Gasteiger partial charge in [-0.2, -0.15) is 5.10 Å². The molecule has 6 heteroatoms. The summed E-state index contributed by atoms with van der Waals surface area (Å²) in [5.41, 5.74) is 6.63. The summed E-state index contributed by atoms with van der Waals surface area (Å²) in [6.45, 7) is 3.38. The summed E-state index contributed by atoms with van der Waals surface area (Å²) in [5.74, 6) is 0.919. The van der Waals surface area contributed by atoms with Gasteiger partial charge in [-0.1, -0.05) is 0 Å². The van der Waals surface area contributed by atoms with Gasteiger partial charge in [0, 0.05) is 43.4 Å². The molecular weight excluding hydrogens is 232 g/mol. The zero-order chi connectivity index (χ0) is 13.0. The third-order valence-corrected chi connectivity index (χ3v) is 3.03. The largest absolute Gasteiger partial charge is 0.381 e. The fourth-order valence-electron chi connectivity index (χ4n) is 2.10. The quantitative estimate of drug-likeness (QED) is 0.744. The van der Waals surface area contributed by atoms with Crippen molar-refractivity contribution in [3.05, 3.63) is 11.8 Å². The molecule has 2 rings (SSSR count). The number of hydrogen-bond acceptors (Lipinski definition) is 4. The van der Waals surface area contributed by atoms with Crippen LogP contribution in [0.3, 0.4) is 0 Å². The molecule has 1 saturated heterocycles. The Morgan fingerprint density at radius 1 is 1.67 bits per heavy atom. The van der Waals surface area contributed by atoms with Gasteiger partial charge in [-0.3, -0.25) is 9.89 Å². The van der Waals surface area contributed by atoms with Crippen molar-refractivity contribution in [1.82, 2.24) is 10.2 Å². The number of ether oxygens (including phenoxy) is 1. The van der Waals surface area contributed by atoms with Crippen LogP contribution >= 0.6 is 0 Å². The number of carbonyl (C=O) groups excluding carboxylic acids is 1. The minimum absolute atomic E-state index is 0.102. The second kappa shape index (κ2) is 5.97. The maximum absolute atomic E-state index is 11.5. The first-order chi connectivity index (χ1) is 8.65. The average Bonchev–Trinajstić information content (AvgIpc) is 2.77. The van der Waals surface area contributed by atoms with Crippen molar-refractivity contribution >= 4 is 11.7 Å². The summed E-state index contributed by atoms with van der Waals surface area (Å²) < 4.78 is 5.32. The topological polar surface area (TPSA) is 93.0 Å². The van der Waals surface area contributed by atoms with Crippen molar-refractivity contribution in [2.75, 3.05) is 18.5 Å². The highest BCUT2D eigenvalue weighted by molar-refractivity contribution is 5.90. The SMILES string of the molecule is CC(N)CC(=O)Nc1cc(C2CCOCC2)[nH]n1. The monoisotopic (exact) mass is 252 g/mol. The molecular formula is C12H20N4O2. The van der Waals surface area contributed by atoms with Gasteiger partial charge in [0.25, 0.3) is 0 Å². The van der Waals surface area contributed by atoms with Crippen LogP contribution in [0.4, 0.5) is 5.82 Å². The Kier molecular flexibility index (Phi) is 4.33. The Balaban J connectivity index is 1.91. The van der Waals surface area contributed by atoms with Crippen LogP contribution in [0.25, 0.3) is 0 Å². The van der Waals surface area contributed by atoms with E-state index in [9.17, 15) is 4.79 Å². The Morgan fingerprint density at radius 2 is 2.39 bits per heavy atom. The number of nitrogens with two attached hydrogens (primary N) is 1. The van der Waals surface area contributed by atoms with E-state index in [-0.39, 0.29) is 11.9 Å².